The van der Waals surface area contributed by atoms with E-state index in [0.29, 0.717) is 5.89 Å². The highest BCUT2D eigenvalue weighted by Crippen LogP contribution is 2.35. The number of oxazole rings is 1. The molecule has 0 aliphatic heterocycles. The second-order valence-corrected chi connectivity index (χ2v) is 5.68. The number of ether oxygens (including phenoxy) is 1. The standard InChI is InChI=1S/C15H18ClNO2/c1-15(2,3)11-7-10(5-6-12(11)18-4)13-9-17-14(8-16)19-13/h5-7,9H,8H2,1-4H3. The zero-order chi connectivity index (χ0) is 14.0. The minimum atomic E-state index is -0.00328. The van der Waals surface area contributed by atoms with E-state index in [1.165, 1.54) is 0 Å². The second kappa shape index (κ2) is 5.25. The summed E-state index contributed by atoms with van der Waals surface area (Å²) >= 11 is 5.70. The summed E-state index contributed by atoms with van der Waals surface area (Å²) in [5, 5.41) is 0. The fourth-order valence-corrected chi connectivity index (χ4v) is 2.08. The third kappa shape index (κ3) is 2.92. The quantitative estimate of drug-likeness (QED) is 0.782. The predicted octanol–water partition coefficient (Wildman–Crippen LogP) is 4.39. The molecule has 0 spiro atoms. The fraction of sp³-hybridized carbons (Fsp3) is 0.400. The van der Waals surface area contributed by atoms with Crippen LogP contribution in [-0.2, 0) is 11.3 Å². The lowest BCUT2D eigenvalue weighted by Gasteiger charge is -2.22. The Bertz CT molecular complexity index is 570. The van der Waals surface area contributed by atoms with Crippen LogP contribution >= 0.6 is 11.6 Å². The number of rotatable bonds is 3. The Labute approximate surface area is 118 Å². The Morgan fingerprint density at radius 1 is 1.32 bits per heavy atom. The van der Waals surface area contributed by atoms with Crippen molar-refractivity contribution in [2.75, 3.05) is 7.11 Å². The summed E-state index contributed by atoms with van der Waals surface area (Å²) in [5.41, 5.74) is 2.11. The Morgan fingerprint density at radius 3 is 2.58 bits per heavy atom. The van der Waals surface area contributed by atoms with Crippen LogP contribution in [0.15, 0.2) is 28.8 Å². The van der Waals surface area contributed by atoms with Crippen molar-refractivity contribution in [1.82, 2.24) is 4.98 Å². The Kier molecular flexibility index (Phi) is 3.85. The molecular formula is C15H18ClNO2. The van der Waals surface area contributed by atoms with Crippen LogP contribution in [0, 0.1) is 0 Å². The van der Waals surface area contributed by atoms with Crippen LogP contribution in [0.1, 0.15) is 32.2 Å². The average Bonchev–Trinajstić information content (AvgIpc) is 2.85. The van der Waals surface area contributed by atoms with E-state index in [1.54, 1.807) is 13.3 Å². The molecule has 0 aliphatic rings. The van der Waals surface area contributed by atoms with Gasteiger partial charge in [-0.25, -0.2) is 4.98 Å². The van der Waals surface area contributed by atoms with E-state index in [0.717, 1.165) is 22.6 Å². The largest absolute Gasteiger partial charge is 0.496 e. The maximum Gasteiger partial charge on any atom is 0.209 e. The predicted molar refractivity (Wildman–Crippen MR) is 76.7 cm³/mol. The number of nitrogens with zero attached hydrogens (tertiary/aromatic N) is 1. The maximum atomic E-state index is 5.70. The molecule has 1 aromatic carbocycles. The van der Waals surface area contributed by atoms with Crippen LogP contribution in [0.2, 0.25) is 0 Å². The van der Waals surface area contributed by atoms with E-state index in [2.05, 4.69) is 31.8 Å². The van der Waals surface area contributed by atoms with Crippen molar-refractivity contribution in [3.63, 3.8) is 0 Å². The molecule has 0 fully saturated rings. The van der Waals surface area contributed by atoms with E-state index in [1.807, 2.05) is 12.1 Å². The van der Waals surface area contributed by atoms with Crippen molar-refractivity contribution in [3.8, 4) is 17.1 Å². The van der Waals surface area contributed by atoms with Gasteiger partial charge in [0.2, 0.25) is 5.89 Å². The first-order chi connectivity index (χ1) is 8.95. The smallest absolute Gasteiger partial charge is 0.209 e. The van der Waals surface area contributed by atoms with Crippen LogP contribution in [0.5, 0.6) is 5.75 Å². The molecule has 0 saturated carbocycles. The van der Waals surface area contributed by atoms with E-state index < -0.39 is 0 Å². The molecule has 0 amide bonds. The molecule has 4 heteroatoms. The number of benzene rings is 1. The van der Waals surface area contributed by atoms with Gasteiger partial charge in [0.15, 0.2) is 5.76 Å². The lowest BCUT2D eigenvalue weighted by molar-refractivity contribution is 0.397. The van der Waals surface area contributed by atoms with Gasteiger partial charge in [-0.1, -0.05) is 20.8 Å². The highest BCUT2D eigenvalue weighted by Gasteiger charge is 2.20. The van der Waals surface area contributed by atoms with Gasteiger partial charge in [0, 0.05) is 11.1 Å². The molecule has 0 radical (unpaired) electrons. The normalized spacial score (nSPS) is 11.6. The zero-order valence-corrected chi connectivity index (χ0v) is 12.4. The Hall–Kier alpha value is -1.48. The minimum absolute atomic E-state index is 0.00328. The van der Waals surface area contributed by atoms with Crippen LogP contribution in [0.25, 0.3) is 11.3 Å². The van der Waals surface area contributed by atoms with Crippen molar-refractivity contribution < 1.29 is 9.15 Å². The van der Waals surface area contributed by atoms with Gasteiger partial charge in [0.1, 0.15) is 5.75 Å². The van der Waals surface area contributed by atoms with Gasteiger partial charge in [0.05, 0.1) is 19.2 Å². The van der Waals surface area contributed by atoms with Crippen LogP contribution in [0.4, 0.5) is 0 Å². The monoisotopic (exact) mass is 279 g/mol. The van der Waals surface area contributed by atoms with Gasteiger partial charge >= 0.3 is 0 Å². The molecule has 0 saturated heterocycles. The first-order valence-corrected chi connectivity index (χ1v) is 6.68. The molecule has 0 unspecified atom stereocenters. The molecule has 1 heterocycles. The molecule has 0 atom stereocenters. The molecule has 1 aromatic heterocycles. The number of hydrogen-bond donors (Lipinski definition) is 0. The van der Waals surface area contributed by atoms with Crippen LogP contribution in [0.3, 0.4) is 0 Å². The van der Waals surface area contributed by atoms with Crippen LogP contribution in [-0.4, -0.2) is 12.1 Å². The number of halogens is 1. The van der Waals surface area contributed by atoms with Crippen molar-refractivity contribution in [2.24, 2.45) is 0 Å². The van der Waals surface area contributed by atoms with Gasteiger partial charge < -0.3 is 9.15 Å². The van der Waals surface area contributed by atoms with Crippen LogP contribution < -0.4 is 4.74 Å². The number of alkyl halides is 1. The average molecular weight is 280 g/mol. The molecule has 2 aromatic rings. The Balaban J connectivity index is 2.48. The topological polar surface area (TPSA) is 35.3 Å². The lowest BCUT2D eigenvalue weighted by Crippen LogP contribution is -2.12. The summed E-state index contributed by atoms with van der Waals surface area (Å²) in [6.07, 6.45) is 1.70. The van der Waals surface area contributed by atoms with Crippen molar-refractivity contribution in [2.45, 2.75) is 32.1 Å². The summed E-state index contributed by atoms with van der Waals surface area (Å²) in [6.45, 7) is 6.46. The summed E-state index contributed by atoms with van der Waals surface area (Å²) in [7, 11) is 1.68. The summed E-state index contributed by atoms with van der Waals surface area (Å²) in [6, 6.07) is 6.00. The summed E-state index contributed by atoms with van der Waals surface area (Å²) in [5.74, 6) is 2.42. The van der Waals surface area contributed by atoms with E-state index in [4.69, 9.17) is 20.8 Å². The number of methoxy groups -OCH3 is 1. The highest BCUT2D eigenvalue weighted by atomic mass is 35.5. The van der Waals surface area contributed by atoms with Gasteiger partial charge in [-0.05, 0) is 23.6 Å². The number of hydrogen-bond acceptors (Lipinski definition) is 3. The number of aromatic nitrogens is 1. The lowest BCUT2D eigenvalue weighted by atomic mass is 9.85. The zero-order valence-electron chi connectivity index (χ0n) is 11.7. The fourth-order valence-electron chi connectivity index (χ4n) is 1.95. The molecule has 2 rings (SSSR count). The first kappa shape index (κ1) is 13.9. The highest BCUT2D eigenvalue weighted by molar-refractivity contribution is 6.16. The van der Waals surface area contributed by atoms with Gasteiger partial charge in [0.25, 0.3) is 0 Å². The summed E-state index contributed by atoms with van der Waals surface area (Å²) < 4.78 is 11.0. The van der Waals surface area contributed by atoms with E-state index >= 15 is 0 Å². The molecule has 19 heavy (non-hydrogen) atoms. The third-order valence-electron chi connectivity index (χ3n) is 2.96. The maximum absolute atomic E-state index is 5.70. The molecule has 102 valence electrons. The molecule has 0 N–H and O–H groups in total. The summed E-state index contributed by atoms with van der Waals surface area (Å²) in [4.78, 5) is 4.12. The molecule has 0 bridgehead atoms. The van der Waals surface area contributed by atoms with Crippen molar-refractivity contribution in [1.29, 1.82) is 0 Å². The SMILES string of the molecule is COc1ccc(-c2cnc(CCl)o2)cc1C(C)(C)C. The van der Waals surface area contributed by atoms with Gasteiger partial charge in [-0.15, -0.1) is 11.6 Å². The van der Waals surface area contributed by atoms with Gasteiger partial charge in [-0.3, -0.25) is 0 Å². The molecule has 3 nitrogen and oxygen atoms in total. The molecular weight excluding hydrogens is 262 g/mol. The van der Waals surface area contributed by atoms with E-state index in [-0.39, 0.29) is 11.3 Å². The molecule has 0 aliphatic carbocycles. The van der Waals surface area contributed by atoms with E-state index in [9.17, 15) is 0 Å². The Morgan fingerprint density at radius 2 is 2.05 bits per heavy atom. The van der Waals surface area contributed by atoms with Crippen molar-refractivity contribution >= 4 is 11.6 Å². The second-order valence-electron chi connectivity index (χ2n) is 5.42. The van der Waals surface area contributed by atoms with Crippen molar-refractivity contribution in [3.05, 3.63) is 35.9 Å². The van der Waals surface area contributed by atoms with Gasteiger partial charge in [-0.2, -0.15) is 0 Å². The first-order valence-electron chi connectivity index (χ1n) is 6.15. The minimum Gasteiger partial charge on any atom is -0.496 e. The third-order valence-corrected chi connectivity index (χ3v) is 3.19.